The minimum absolute atomic E-state index is 0.0473. The van der Waals surface area contributed by atoms with Gasteiger partial charge in [-0.15, -0.1) is 0 Å². The molecule has 41 heavy (non-hydrogen) atoms. The van der Waals surface area contributed by atoms with Crippen LogP contribution in [0.1, 0.15) is 168 Å². The third-order valence-corrected chi connectivity index (χ3v) is 7.58. The number of esters is 1. The molecule has 4 N–H and O–H groups in total. The zero-order valence-electron chi connectivity index (χ0n) is 26.6. The summed E-state index contributed by atoms with van der Waals surface area (Å²) in [7, 11) is 0. The van der Waals surface area contributed by atoms with Crippen LogP contribution in [0.25, 0.3) is 0 Å². The fourth-order valence-corrected chi connectivity index (χ4v) is 4.97. The molecule has 0 spiro atoms. The molecule has 0 aromatic heterocycles. The molecule has 0 aromatic carbocycles. The Kier molecular flexibility index (Phi) is 28.2. The van der Waals surface area contributed by atoms with E-state index >= 15 is 0 Å². The van der Waals surface area contributed by atoms with Gasteiger partial charge in [0.2, 0.25) is 5.91 Å². The predicted octanol–water partition coefficient (Wildman–Crippen LogP) is 8.38. The molecule has 0 bridgehead atoms. The minimum Gasteiger partial charge on any atom is -0.480 e. The van der Waals surface area contributed by atoms with Crippen molar-refractivity contribution < 1.29 is 24.2 Å². The summed E-state index contributed by atoms with van der Waals surface area (Å²) in [5.74, 6) is -1.33. The number of carbonyl (C=O) groups is 3. The van der Waals surface area contributed by atoms with E-state index in [1.807, 2.05) is 0 Å². The van der Waals surface area contributed by atoms with Crippen molar-refractivity contribution in [3.8, 4) is 0 Å². The van der Waals surface area contributed by atoms with Crippen LogP contribution in [0.2, 0.25) is 0 Å². The highest BCUT2D eigenvalue weighted by Crippen LogP contribution is 2.17. The van der Waals surface area contributed by atoms with E-state index in [9.17, 15) is 19.5 Å². The highest BCUT2D eigenvalue weighted by molar-refractivity contribution is 5.83. The maximum Gasteiger partial charge on any atom is 0.326 e. The number of rotatable bonds is 30. The second kappa shape index (κ2) is 29.6. The van der Waals surface area contributed by atoms with Crippen LogP contribution in [0.15, 0.2) is 12.2 Å². The van der Waals surface area contributed by atoms with Crippen molar-refractivity contribution in [3.05, 3.63) is 12.2 Å². The first-order valence-electron chi connectivity index (χ1n) is 17.0. The Hall–Kier alpha value is -1.89. The fourth-order valence-electron chi connectivity index (χ4n) is 4.97. The van der Waals surface area contributed by atoms with E-state index in [0.717, 1.165) is 57.8 Å². The Bertz CT molecular complexity index is 668. The standard InChI is InChI=1S/C34H64N2O5/c1-3-5-7-8-9-10-11-12-13-14-15-16-17-22-28-33(38)41-30(24-19-6-4-2)25-20-18-21-27-32(37)36-31(34(39)40)26-23-29-35/h11-12,30-31H,3-10,13-29,35H2,1-2H3,(H,36,37)(H,39,40)/b12-11-. The summed E-state index contributed by atoms with van der Waals surface area (Å²) in [6, 6.07) is -0.870. The maximum absolute atomic E-state index is 12.5. The van der Waals surface area contributed by atoms with Crippen molar-refractivity contribution in [3.63, 3.8) is 0 Å². The highest BCUT2D eigenvalue weighted by Gasteiger charge is 2.19. The smallest absolute Gasteiger partial charge is 0.326 e. The molecule has 240 valence electrons. The number of carbonyl (C=O) groups excluding carboxylic acids is 2. The topological polar surface area (TPSA) is 119 Å². The number of allylic oxidation sites excluding steroid dienone is 2. The van der Waals surface area contributed by atoms with Crippen molar-refractivity contribution in [2.24, 2.45) is 5.73 Å². The summed E-state index contributed by atoms with van der Waals surface area (Å²) in [5.41, 5.74) is 5.45. The number of aliphatic carboxylic acids is 1. The Labute approximate surface area is 251 Å². The van der Waals surface area contributed by atoms with Crippen molar-refractivity contribution >= 4 is 17.8 Å². The molecule has 7 heteroatoms. The molecule has 0 aliphatic heterocycles. The normalized spacial score (nSPS) is 12.9. The lowest BCUT2D eigenvalue weighted by atomic mass is 10.0. The Morgan fingerprint density at radius 2 is 1.20 bits per heavy atom. The molecule has 0 aromatic rings. The third-order valence-electron chi connectivity index (χ3n) is 7.58. The van der Waals surface area contributed by atoms with E-state index < -0.39 is 12.0 Å². The third kappa shape index (κ3) is 26.7. The zero-order valence-corrected chi connectivity index (χ0v) is 26.6. The van der Waals surface area contributed by atoms with Gasteiger partial charge in [-0.2, -0.15) is 0 Å². The van der Waals surface area contributed by atoms with Crippen molar-refractivity contribution in [1.82, 2.24) is 5.32 Å². The molecule has 0 fully saturated rings. The molecule has 0 saturated heterocycles. The molecule has 7 nitrogen and oxygen atoms in total. The van der Waals surface area contributed by atoms with Crippen LogP contribution < -0.4 is 11.1 Å². The van der Waals surface area contributed by atoms with Crippen molar-refractivity contribution in [2.75, 3.05) is 6.54 Å². The molecule has 0 saturated carbocycles. The molecule has 0 aliphatic carbocycles. The lowest BCUT2D eigenvalue weighted by molar-refractivity contribution is -0.150. The van der Waals surface area contributed by atoms with Gasteiger partial charge < -0.3 is 20.9 Å². The monoisotopic (exact) mass is 580 g/mol. The van der Waals surface area contributed by atoms with Crippen LogP contribution in [-0.4, -0.2) is 41.6 Å². The largest absolute Gasteiger partial charge is 0.480 e. The van der Waals surface area contributed by atoms with E-state index in [1.54, 1.807) is 0 Å². The van der Waals surface area contributed by atoms with Crippen LogP contribution in [-0.2, 0) is 19.1 Å². The number of carboxylic acid groups (broad SMARTS) is 1. The van der Waals surface area contributed by atoms with E-state index in [2.05, 4.69) is 31.3 Å². The number of amides is 1. The predicted molar refractivity (Wildman–Crippen MR) is 170 cm³/mol. The van der Waals surface area contributed by atoms with E-state index in [1.165, 1.54) is 64.2 Å². The molecular weight excluding hydrogens is 516 g/mol. The van der Waals surface area contributed by atoms with E-state index in [4.69, 9.17) is 10.5 Å². The van der Waals surface area contributed by atoms with Crippen LogP contribution in [0, 0.1) is 0 Å². The number of carboxylic acids is 1. The van der Waals surface area contributed by atoms with E-state index in [0.29, 0.717) is 38.6 Å². The lowest BCUT2D eigenvalue weighted by Gasteiger charge is -2.18. The summed E-state index contributed by atoms with van der Waals surface area (Å²) in [5, 5.41) is 11.8. The molecule has 2 atom stereocenters. The van der Waals surface area contributed by atoms with Gasteiger partial charge in [0.1, 0.15) is 12.1 Å². The van der Waals surface area contributed by atoms with Gasteiger partial charge in [-0.3, -0.25) is 9.59 Å². The van der Waals surface area contributed by atoms with Gasteiger partial charge in [0.25, 0.3) is 0 Å². The highest BCUT2D eigenvalue weighted by atomic mass is 16.5. The maximum atomic E-state index is 12.5. The number of nitrogens with one attached hydrogen (secondary N) is 1. The Morgan fingerprint density at radius 1 is 0.683 bits per heavy atom. The number of ether oxygens (including phenoxy) is 1. The average molecular weight is 581 g/mol. The summed E-state index contributed by atoms with van der Waals surface area (Å²) >= 11 is 0. The van der Waals surface area contributed by atoms with Gasteiger partial charge in [-0.1, -0.05) is 90.2 Å². The molecule has 1 amide bonds. The quantitative estimate of drug-likeness (QED) is 0.0446. The molecule has 0 aliphatic rings. The second-order valence-corrected chi connectivity index (χ2v) is 11.6. The van der Waals surface area contributed by atoms with Gasteiger partial charge in [0.15, 0.2) is 0 Å². The number of unbranched alkanes of at least 4 members (excludes halogenated alkanes) is 14. The fraction of sp³-hybridized carbons (Fsp3) is 0.853. The van der Waals surface area contributed by atoms with Crippen molar-refractivity contribution in [1.29, 1.82) is 0 Å². The van der Waals surface area contributed by atoms with Gasteiger partial charge >= 0.3 is 11.9 Å². The van der Waals surface area contributed by atoms with Crippen LogP contribution in [0.3, 0.4) is 0 Å². The minimum atomic E-state index is -1.02. The van der Waals surface area contributed by atoms with E-state index in [-0.39, 0.29) is 18.0 Å². The van der Waals surface area contributed by atoms with Gasteiger partial charge in [-0.05, 0) is 83.6 Å². The van der Waals surface area contributed by atoms with Gasteiger partial charge in [0.05, 0.1) is 0 Å². The van der Waals surface area contributed by atoms with Crippen molar-refractivity contribution in [2.45, 2.75) is 180 Å². The molecule has 0 heterocycles. The van der Waals surface area contributed by atoms with Crippen LogP contribution in [0.4, 0.5) is 0 Å². The Balaban J connectivity index is 4.04. The first kappa shape index (κ1) is 39.1. The SMILES string of the molecule is CCCCCCC/C=C\CCCCCCCC(=O)OC(CCCCC)CCCCCC(=O)NC(CCCN)C(=O)O. The molecular formula is C34H64N2O5. The second-order valence-electron chi connectivity index (χ2n) is 11.6. The summed E-state index contributed by atoms with van der Waals surface area (Å²) < 4.78 is 5.85. The molecule has 0 rings (SSSR count). The number of hydrogen-bond acceptors (Lipinski definition) is 5. The first-order valence-corrected chi connectivity index (χ1v) is 17.0. The summed E-state index contributed by atoms with van der Waals surface area (Å²) in [6.45, 7) is 4.83. The number of nitrogens with two attached hydrogens (primary N) is 1. The average Bonchev–Trinajstić information content (AvgIpc) is 2.95. The zero-order chi connectivity index (χ0) is 30.4. The Morgan fingerprint density at radius 3 is 1.80 bits per heavy atom. The van der Waals surface area contributed by atoms with Crippen LogP contribution >= 0.6 is 0 Å². The molecule has 0 radical (unpaired) electrons. The number of hydrogen-bond donors (Lipinski definition) is 3. The van der Waals surface area contributed by atoms with Crippen LogP contribution in [0.5, 0.6) is 0 Å². The van der Waals surface area contributed by atoms with Gasteiger partial charge in [-0.25, -0.2) is 4.79 Å². The van der Waals surface area contributed by atoms with Gasteiger partial charge in [0, 0.05) is 12.8 Å². The molecule has 2 unspecified atom stereocenters. The first-order chi connectivity index (χ1) is 19.9. The lowest BCUT2D eigenvalue weighted by Crippen LogP contribution is -2.40. The summed E-state index contributed by atoms with van der Waals surface area (Å²) in [4.78, 5) is 35.9. The summed E-state index contributed by atoms with van der Waals surface area (Å²) in [6.07, 6.45) is 28.5.